The minimum atomic E-state index is -0.0688. The summed E-state index contributed by atoms with van der Waals surface area (Å²) in [6.45, 7) is 2.66. The van der Waals surface area contributed by atoms with Gasteiger partial charge in [0.15, 0.2) is 0 Å². The van der Waals surface area contributed by atoms with Gasteiger partial charge in [-0.15, -0.1) is 11.3 Å². The Labute approximate surface area is 192 Å². The molecule has 0 radical (unpaired) electrons. The molecule has 0 atom stereocenters. The van der Waals surface area contributed by atoms with Crippen LogP contribution < -0.4 is 9.47 Å². The van der Waals surface area contributed by atoms with Crippen LogP contribution in [0.3, 0.4) is 0 Å². The number of rotatable bonds is 6. The highest BCUT2D eigenvalue weighted by molar-refractivity contribution is 7.09. The van der Waals surface area contributed by atoms with Gasteiger partial charge in [-0.3, -0.25) is 9.59 Å². The van der Waals surface area contributed by atoms with E-state index in [9.17, 15) is 9.59 Å². The number of carbonyl (C=O) groups excluding carboxylic acids is 2. The lowest BCUT2D eigenvalue weighted by Crippen LogP contribution is -2.37. The lowest BCUT2D eigenvalue weighted by Gasteiger charge is -2.23. The van der Waals surface area contributed by atoms with E-state index in [0.29, 0.717) is 55.4 Å². The molecule has 1 aliphatic rings. The molecule has 32 heavy (non-hydrogen) atoms. The molecule has 0 spiro atoms. The van der Waals surface area contributed by atoms with E-state index in [4.69, 9.17) is 9.47 Å². The summed E-state index contributed by atoms with van der Waals surface area (Å²) in [5, 5.41) is 2.01. The highest BCUT2D eigenvalue weighted by Gasteiger charge is 2.25. The van der Waals surface area contributed by atoms with E-state index in [1.165, 1.54) is 0 Å². The minimum Gasteiger partial charge on any atom is -0.496 e. The van der Waals surface area contributed by atoms with Crippen LogP contribution in [0.15, 0.2) is 66.0 Å². The fraction of sp³-hybridized carbons (Fsp3) is 0.280. The Balaban J connectivity index is 1.39. The van der Waals surface area contributed by atoms with Gasteiger partial charge in [0.2, 0.25) is 0 Å². The fourth-order valence-electron chi connectivity index (χ4n) is 3.77. The number of amides is 2. The molecular formula is C25H26N2O4S. The van der Waals surface area contributed by atoms with Crippen LogP contribution in [0.2, 0.25) is 0 Å². The number of hydrogen-bond donors (Lipinski definition) is 0. The summed E-state index contributed by atoms with van der Waals surface area (Å²) in [6, 6.07) is 18.5. The van der Waals surface area contributed by atoms with Crippen molar-refractivity contribution in [2.45, 2.75) is 13.0 Å². The zero-order chi connectivity index (χ0) is 22.3. The summed E-state index contributed by atoms with van der Waals surface area (Å²) in [4.78, 5) is 30.9. The van der Waals surface area contributed by atoms with Gasteiger partial charge in [-0.2, -0.15) is 0 Å². The largest absolute Gasteiger partial charge is 0.496 e. The molecule has 1 aliphatic heterocycles. The van der Waals surface area contributed by atoms with Crippen molar-refractivity contribution < 1.29 is 19.1 Å². The molecule has 7 heteroatoms. The Bertz CT molecular complexity index is 1070. The van der Waals surface area contributed by atoms with Crippen molar-refractivity contribution >= 4 is 23.2 Å². The standard InChI is InChI=1S/C25H26N2O4S/c1-30-23-11-3-2-10-22(23)25(29)27-13-6-12-26(14-15-27)24(28)19-7-4-8-20(17-19)31-18-21-9-5-16-32-21/h2-5,7-11,16-17H,6,12-15,18H2,1H3. The predicted octanol–water partition coefficient (Wildman–Crippen LogP) is 4.32. The SMILES string of the molecule is COc1ccccc1C(=O)N1CCCN(C(=O)c2cccc(OCc3cccs3)c2)CC1. The Morgan fingerprint density at radius 3 is 2.44 bits per heavy atom. The molecule has 1 aromatic heterocycles. The summed E-state index contributed by atoms with van der Waals surface area (Å²) in [5.41, 5.74) is 1.14. The lowest BCUT2D eigenvalue weighted by atomic mass is 10.1. The van der Waals surface area contributed by atoms with Crippen molar-refractivity contribution in [2.75, 3.05) is 33.3 Å². The van der Waals surface area contributed by atoms with Gasteiger partial charge in [0.1, 0.15) is 18.1 Å². The monoisotopic (exact) mass is 450 g/mol. The van der Waals surface area contributed by atoms with Crippen LogP contribution in [0.1, 0.15) is 32.0 Å². The smallest absolute Gasteiger partial charge is 0.257 e. The molecule has 4 rings (SSSR count). The molecule has 1 fully saturated rings. The molecule has 2 heterocycles. The van der Waals surface area contributed by atoms with Crippen molar-refractivity contribution in [1.82, 2.24) is 9.80 Å². The number of thiophene rings is 1. The van der Waals surface area contributed by atoms with Crippen LogP contribution in [-0.4, -0.2) is 54.9 Å². The van der Waals surface area contributed by atoms with Crippen LogP contribution in [0.4, 0.5) is 0 Å². The minimum absolute atomic E-state index is 0.0434. The van der Waals surface area contributed by atoms with Gasteiger partial charge in [0.25, 0.3) is 11.8 Å². The maximum atomic E-state index is 13.1. The highest BCUT2D eigenvalue weighted by Crippen LogP contribution is 2.22. The first-order chi connectivity index (χ1) is 15.7. The Hall–Kier alpha value is -3.32. The maximum absolute atomic E-state index is 13.1. The first-order valence-corrected chi connectivity index (χ1v) is 11.5. The molecule has 6 nitrogen and oxygen atoms in total. The van der Waals surface area contributed by atoms with E-state index in [0.717, 1.165) is 11.3 Å². The van der Waals surface area contributed by atoms with E-state index >= 15 is 0 Å². The number of benzene rings is 2. The summed E-state index contributed by atoms with van der Waals surface area (Å²) in [5.74, 6) is 1.12. The van der Waals surface area contributed by atoms with Gasteiger partial charge in [-0.1, -0.05) is 24.3 Å². The Morgan fingerprint density at radius 1 is 0.906 bits per heavy atom. The highest BCUT2D eigenvalue weighted by atomic mass is 32.1. The van der Waals surface area contributed by atoms with E-state index < -0.39 is 0 Å². The predicted molar refractivity (Wildman–Crippen MR) is 125 cm³/mol. The molecular weight excluding hydrogens is 424 g/mol. The second-order valence-electron chi connectivity index (χ2n) is 7.53. The van der Waals surface area contributed by atoms with Gasteiger partial charge in [0, 0.05) is 36.6 Å². The van der Waals surface area contributed by atoms with Crippen LogP contribution in [0.5, 0.6) is 11.5 Å². The molecule has 0 unspecified atom stereocenters. The Morgan fingerprint density at radius 2 is 1.69 bits per heavy atom. The average molecular weight is 451 g/mol. The summed E-state index contributed by atoms with van der Waals surface area (Å²) in [7, 11) is 1.56. The van der Waals surface area contributed by atoms with E-state index in [-0.39, 0.29) is 11.8 Å². The summed E-state index contributed by atoms with van der Waals surface area (Å²) < 4.78 is 11.2. The third-order valence-corrected chi connectivity index (χ3v) is 6.30. The Kier molecular flexibility index (Phi) is 7.07. The number of carbonyl (C=O) groups is 2. The van der Waals surface area contributed by atoms with Crippen molar-refractivity contribution in [3.8, 4) is 11.5 Å². The van der Waals surface area contributed by atoms with E-state index in [2.05, 4.69) is 0 Å². The number of nitrogens with zero attached hydrogens (tertiary/aromatic N) is 2. The summed E-state index contributed by atoms with van der Waals surface area (Å²) in [6.07, 6.45) is 0.723. The van der Waals surface area contributed by atoms with Crippen LogP contribution >= 0.6 is 11.3 Å². The van der Waals surface area contributed by atoms with Crippen molar-refractivity contribution in [2.24, 2.45) is 0 Å². The van der Waals surface area contributed by atoms with E-state index in [1.54, 1.807) is 41.5 Å². The molecule has 2 aromatic carbocycles. The van der Waals surface area contributed by atoms with Crippen LogP contribution in [-0.2, 0) is 6.61 Å². The van der Waals surface area contributed by atoms with Crippen molar-refractivity contribution in [3.63, 3.8) is 0 Å². The van der Waals surface area contributed by atoms with Crippen molar-refractivity contribution in [1.29, 1.82) is 0 Å². The third kappa shape index (κ3) is 5.11. The zero-order valence-corrected chi connectivity index (χ0v) is 18.8. The molecule has 0 bridgehead atoms. The molecule has 0 N–H and O–H groups in total. The van der Waals surface area contributed by atoms with Crippen LogP contribution in [0, 0.1) is 0 Å². The van der Waals surface area contributed by atoms with Crippen molar-refractivity contribution in [3.05, 3.63) is 82.0 Å². The number of methoxy groups -OCH3 is 1. The molecule has 2 amide bonds. The van der Waals surface area contributed by atoms with E-state index in [1.807, 2.05) is 52.7 Å². The summed E-state index contributed by atoms with van der Waals surface area (Å²) >= 11 is 1.64. The molecule has 166 valence electrons. The number of ether oxygens (including phenoxy) is 2. The average Bonchev–Trinajstić information content (AvgIpc) is 3.24. The second-order valence-corrected chi connectivity index (χ2v) is 8.57. The van der Waals surface area contributed by atoms with Gasteiger partial charge < -0.3 is 19.3 Å². The number of para-hydroxylation sites is 1. The fourth-order valence-corrected chi connectivity index (χ4v) is 4.38. The molecule has 0 saturated carbocycles. The molecule has 1 saturated heterocycles. The second kappa shape index (κ2) is 10.3. The number of hydrogen-bond acceptors (Lipinski definition) is 5. The quantitative estimate of drug-likeness (QED) is 0.561. The van der Waals surface area contributed by atoms with Gasteiger partial charge in [-0.05, 0) is 48.2 Å². The molecule has 0 aliphatic carbocycles. The van der Waals surface area contributed by atoms with Gasteiger partial charge in [0.05, 0.1) is 12.7 Å². The third-order valence-electron chi connectivity index (χ3n) is 5.45. The van der Waals surface area contributed by atoms with Gasteiger partial charge in [-0.25, -0.2) is 0 Å². The molecule has 3 aromatic rings. The van der Waals surface area contributed by atoms with Crippen LogP contribution in [0.25, 0.3) is 0 Å². The first-order valence-electron chi connectivity index (χ1n) is 10.6. The lowest BCUT2D eigenvalue weighted by molar-refractivity contribution is 0.0716. The topological polar surface area (TPSA) is 59.1 Å². The normalized spacial score (nSPS) is 14.0. The maximum Gasteiger partial charge on any atom is 0.257 e. The zero-order valence-electron chi connectivity index (χ0n) is 18.0. The first kappa shape index (κ1) is 21.9. The van der Waals surface area contributed by atoms with Gasteiger partial charge >= 0.3 is 0 Å².